The summed E-state index contributed by atoms with van der Waals surface area (Å²) >= 11 is 0. The van der Waals surface area contributed by atoms with Gasteiger partial charge in [0.05, 0.1) is 34.7 Å². The van der Waals surface area contributed by atoms with E-state index in [-0.39, 0.29) is 5.57 Å². The fraction of sp³-hybridized carbons (Fsp3) is 0. The predicted octanol–water partition coefficient (Wildman–Crippen LogP) is 7.69. The van der Waals surface area contributed by atoms with Crippen LogP contribution in [0.25, 0.3) is 60.8 Å². The van der Waals surface area contributed by atoms with Crippen LogP contribution >= 0.6 is 0 Å². The van der Waals surface area contributed by atoms with Crippen molar-refractivity contribution in [3.63, 3.8) is 0 Å². The molecule has 0 spiro atoms. The lowest BCUT2D eigenvalue weighted by molar-refractivity contribution is 1.34. The standard InChI is InChI=1S/C36H16N6/c37-17-23-13-32-30(15-28(23)35-26-7-3-1-5-21(26)9-11-41-35)31-16-29(36-27-8-4-2-6-22(27)10-12-42-36)24(18-38)14-33(31)34(32)25(19-39)20-40/h1-16H. The molecule has 1 aliphatic carbocycles. The summed E-state index contributed by atoms with van der Waals surface area (Å²) in [7, 11) is 0. The molecule has 42 heavy (non-hydrogen) atoms. The lowest BCUT2D eigenvalue weighted by atomic mass is 9.92. The van der Waals surface area contributed by atoms with Crippen LogP contribution < -0.4 is 0 Å². The van der Waals surface area contributed by atoms with Gasteiger partial charge in [-0.25, -0.2) is 0 Å². The molecule has 0 unspecified atom stereocenters. The first-order valence-electron chi connectivity index (χ1n) is 13.1. The van der Waals surface area contributed by atoms with Crippen LogP contribution in [0.5, 0.6) is 0 Å². The van der Waals surface area contributed by atoms with Crippen molar-refractivity contribution in [2.45, 2.75) is 0 Å². The van der Waals surface area contributed by atoms with E-state index in [9.17, 15) is 21.0 Å². The average Bonchev–Trinajstić information content (AvgIpc) is 3.35. The fourth-order valence-corrected chi connectivity index (χ4v) is 5.86. The molecule has 6 aromatic rings. The molecule has 0 saturated carbocycles. The Hall–Kier alpha value is -6.60. The maximum Gasteiger partial charge on any atom is 0.138 e. The summed E-state index contributed by atoms with van der Waals surface area (Å²) in [6.07, 6.45) is 3.44. The number of hydrogen-bond donors (Lipinski definition) is 0. The highest BCUT2D eigenvalue weighted by Gasteiger charge is 2.31. The Morgan fingerprint density at radius 3 is 1.38 bits per heavy atom. The Morgan fingerprint density at radius 2 is 0.952 bits per heavy atom. The molecule has 0 bridgehead atoms. The third kappa shape index (κ3) is 3.55. The number of fused-ring (bicyclic) bond motifs is 5. The molecule has 6 nitrogen and oxygen atoms in total. The minimum atomic E-state index is -0.0881. The zero-order chi connectivity index (χ0) is 28.8. The molecule has 7 rings (SSSR count). The van der Waals surface area contributed by atoms with Crippen LogP contribution in [0.2, 0.25) is 0 Å². The minimum absolute atomic E-state index is 0.0881. The van der Waals surface area contributed by atoms with E-state index in [0.717, 1.165) is 32.7 Å². The van der Waals surface area contributed by atoms with Gasteiger partial charge in [-0.1, -0.05) is 48.5 Å². The highest BCUT2D eigenvalue weighted by Crippen LogP contribution is 2.50. The van der Waals surface area contributed by atoms with Crippen LogP contribution in [0.4, 0.5) is 0 Å². The van der Waals surface area contributed by atoms with Gasteiger partial charge in [-0.2, -0.15) is 21.0 Å². The SMILES string of the molecule is N#CC(C#N)=C1c2cc(C#N)c(-c3nccc4ccccc34)cc2-c2cc(-c3nccc4ccccc34)c(C#N)cc21. The summed E-state index contributed by atoms with van der Waals surface area (Å²) in [5.74, 6) is 0. The van der Waals surface area contributed by atoms with E-state index in [0.29, 0.717) is 50.3 Å². The summed E-state index contributed by atoms with van der Waals surface area (Å²) in [5.41, 5.74) is 6.36. The van der Waals surface area contributed by atoms with E-state index in [1.165, 1.54) is 0 Å². The van der Waals surface area contributed by atoms with Gasteiger partial charge in [0.1, 0.15) is 17.7 Å². The van der Waals surface area contributed by atoms with E-state index in [2.05, 4.69) is 22.1 Å². The van der Waals surface area contributed by atoms with Gasteiger partial charge in [0.15, 0.2) is 0 Å². The monoisotopic (exact) mass is 532 g/mol. The smallest absolute Gasteiger partial charge is 0.138 e. The second kappa shape index (κ2) is 9.55. The van der Waals surface area contributed by atoms with Crippen LogP contribution in [0.1, 0.15) is 22.3 Å². The van der Waals surface area contributed by atoms with Crippen LogP contribution in [-0.2, 0) is 0 Å². The Morgan fingerprint density at radius 1 is 0.500 bits per heavy atom. The maximum absolute atomic E-state index is 10.2. The molecule has 0 aliphatic heterocycles. The number of pyridine rings is 2. The number of aromatic nitrogens is 2. The molecule has 0 fully saturated rings. The third-order valence-corrected chi connectivity index (χ3v) is 7.72. The Balaban J connectivity index is 1.59. The zero-order valence-corrected chi connectivity index (χ0v) is 21.9. The summed E-state index contributed by atoms with van der Waals surface area (Å²) in [6.45, 7) is 0. The van der Waals surface area contributed by atoms with Gasteiger partial charge >= 0.3 is 0 Å². The van der Waals surface area contributed by atoms with Crippen molar-refractivity contribution in [1.82, 2.24) is 9.97 Å². The number of allylic oxidation sites excluding steroid dienone is 1. The normalized spacial score (nSPS) is 11.2. The van der Waals surface area contributed by atoms with Gasteiger partial charge < -0.3 is 0 Å². The van der Waals surface area contributed by atoms with Gasteiger partial charge in [0, 0.05) is 39.9 Å². The first kappa shape index (κ1) is 24.4. The number of nitrogens with zero attached hydrogens (tertiary/aromatic N) is 6. The van der Waals surface area contributed by atoms with Crippen molar-refractivity contribution in [2.24, 2.45) is 0 Å². The summed E-state index contributed by atoms with van der Waals surface area (Å²) in [4.78, 5) is 9.32. The largest absolute Gasteiger partial charge is 0.256 e. The van der Waals surface area contributed by atoms with E-state index < -0.39 is 0 Å². The van der Waals surface area contributed by atoms with Gasteiger partial charge in [-0.05, 0) is 69.4 Å². The first-order valence-corrected chi connectivity index (χ1v) is 13.1. The van der Waals surface area contributed by atoms with E-state index in [1.54, 1.807) is 24.5 Å². The van der Waals surface area contributed by atoms with Crippen molar-refractivity contribution in [3.05, 3.63) is 125 Å². The Labute approximate surface area is 240 Å². The number of benzene rings is 4. The second-order valence-corrected chi connectivity index (χ2v) is 9.85. The quantitative estimate of drug-likeness (QED) is 0.210. The van der Waals surface area contributed by atoms with Crippen LogP contribution in [0, 0.1) is 45.3 Å². The van der Waals surface area contributed by atoms with Gasteiger partial charge in [0.25, 0.3) is 0 Å². The predicted molar refractivity (Wildman–Crippen MR) is 160 cm³/mol. The molecule has 2 aromatic heterocycles. The molecular formula is C36H16N6. The second-order valence-electron chi connectivity index (χ2n) is 9.85. The molecule has 6 heteroatoms. The van der Waals surface area contributed by atoms with Crippen molar-refractivity contribution in [3.8, 4) is 57.9 Å². The Bertz CT molecular complexity index is 2180. The van der Waals surface area contributed by atoms with Crippen molar-refractivity contribution >= 4 is 27.1 Å². The summed E-state index contributed by atoms with van der Waals surface area (Å²) < 4.78 is 0. The molecule has 0 atom stereocenters. The van der Waals surface area contributed by atoms with Crippen LogP contribution in [-0.4, -0.2) is 9.97 Å². The highest BCUT2D eigenvalue weighted by atomic mass is 14.7. The topological polar surface area (TPSA) is 121 Å². The first-order chi connectivity index (χ1) is 20.7. The molecule has 4 aromatic carbocycles. The molecule has 0 amide bonds. The molecule has 1 aliphatic rings. The molecule has 190 valence electrons. The van der Waals surface area contributed by atoms with E-state index in [4.69, 9.17) is 0 Å². The van der Waals surface area contributed by atoms with Gasteiger partial charge in [0.2, 0.25) is 0 Å². The van der Waals surface area contributed by atoms with E-state index >= 15 is 0 Å². The Kier molecular flexibility index (Phi) is 5.56. The van der Waals surface area contributed by atoms with Crippen molar-refractivity contribution in [2.75, 3.05) is 0 Å². The molecule has 0 N–H and O–H groups in total. The average molecular weight is 533 g/mol. The lowest BCUT2D eigenvalue weighted by Gasteiger charge is -2.12. The van der Waals surface area contributed by atoms with Crippen LogP contribution in [0.15, 0.2) is 103 Å². The zero-order valence-electron chi connectivity index (χ0n) is 21.9. The van der Waals surface area contributed by atoms with Gasteiger partial charge in [-0.3, -0.25) is 9.97 Å². The van der Waals surface area contributed by atoms with Gasteiger partial charge in [-0.15, -0.1) is 0 Å². The molecular weight excluding hydrogens is 516 g/mol. The molecule has 0 radical (unpaired) electrons. The summed E-state index contributed by atoms with van der Waals surface area (Å²) in [6, 6.07) is 35.5. The minimum Gasteiger partial charge on any atom is -0.256 e. The fourth-order valence-electron chi connectivity index (χ4n) is 5.86. The highest BCUT2D eigenvalue weighted by molar-refractivity contribution is 6.08. The third-order valence-electron chi connectivity index (χ3n) is 7.72. The number of hydrogen-bond acceptors (Lipinski definition) is 6. The molecule has 0 saturated heterocycles. The van der Waals surface area contributed by atoms with Crippen molar-refractivity contribution in [1.29, 1.82) is 21.0 Å². The molecule has 2 heterocycles. The number of nitriles is 4. The number of rotatable bonds is 2. The van der Waals surface area contributed by atoms with Crippen LogP contribution in [0.3, 0.4) is 0 Å². The maximum atomic E-state index is 10.2. The van der Waals surface area contributed by atoms with Crippen molar-refractivity contribution < 1.29 is 0 Å². The van der Waals surface area contributed by atoms with E-state index in [1.807, 2.05) is 84.9 Å². The lowest BCUT2D eigenvalue weighted by Crippen LogP contribution is -1.94. The summed E-state index contributed by atoms with van der Waals surface area (Å²) in [5, 5.41) is 44.1.